The van der Waals surface area contributed by atoms with E-state index >= 15 is 0 Å². The van der Waals surface area contributed by atoms with Crippen molar-refractivity contribution in [2.24, 2.45) is 0 Å². The number of benzene rings is 1. The van der Waals surface area contributed by atoms with Gasteiger partial charge in [0.05, 0.1) is 28.5 Å². The lowest BCUT2D eigenvalue weighted by molar-refractivity contribution is 0.0580. The van der Waals surface area contributed by atoms with Crippen LogP contribution in [0.4, 0.5) is 10.1 Å². The van der Waals surface area contributed by atoms with Crippen LogP contribution in [0.15, 0.2) is 30.0 Å². The normalized spacial score (nSPS) is 11.2. The van der Waals surface area contributed by atoms with Crippen molar-refractivity contribution in [3.63, 3.8) is 0 Å². The molecule has 0 aliphatic carbocycles. The van der Waals surface area contributed by atoms with E-state index in [1.54, 1.807) is 19.9 Å². The second-order valence-corrected chi connectivity index (χ2v) is 5.92. The predicted octanol–water partition coefficient (Wildman–Crippen LogP) is 4.37. The number of rotatable bonds is 5. The molecule has 0 atom stereocenters. The molecule has 3 N–H and O–H groups in total. The average Bonchev–Trinajstić information content (AvgIpc) is 2.62. The number of amides is 1. The number of aromatic nitrogens is 1. The van der Waals surface area contributed by atoms with E-state index in [1.165, 1.54) is 25.3 Å². The van der Waals surface area contributed by atoms with Gasteiger partial charge in [-0.05, 0) is 38.1 Å². The van der Waals surface area contributed by atoms with Crippen LogP contribution in [0.5, 0.6) is 5.75 Å². The van der Waals surface area contributed by atoms with Crippen molar-refractivity contribution < 1.29 is 18.8 Å². The topological polar surface area (TPSA) is 86.5 Å². The first-order valence-corrected chi connectivity index (χ1v) is 8.14. The molecule has 9 heteroatoms. The number of nitrogen functional groups attached to an aromatic ring is 1. The number of anilines is 1. The van der Waals surface area contributed by atoms with Crippen molar-refractivity contribution in [2.75, 3.05) is 12.8 Å². The second-order valence-electron chi connectivity index (χ2n) is 5.13. The van der Waals surface area contributed by atoms with Gasteiger partial charge >= 0.3 is 5.91 Å². The van der Waals surface area contributed by atoms with Crippen molar-refractivity contribution >= 4 is 34.8 Å². The Hall–Kier alpha value is -2.51. The van der Waals surface area contributed by atoms with Gasteiger partial charge in [-0.1, -0.05) is 23.2 Å². The number of carbonyl (C=O) groups is 1. The van der Waals surface area contributed by atoms with Crippen LogP contribution < -0.4 is 16.0 Å². The first-order valence-electron chi connectivity index (χ1n) is 7.38. The van der Waals surface area contributed by atoms with Gasteiger partial charge in [-0.15, -0.1) is 0 Å². The van der Waals surface area contributed by atoms with Crippen LogP contribution in [0.3, 0.4) is 0 Å². The van der Waals surface area contributed by atoms with Crippen LogP contribution in [0.2, 0.25) is 10.0 Å². The van der Waals surface area contributed by atoms with E-state index in [2.05, 4.69) is 10.5 Å². The summed E-state index contributed by atoms with van der Waals surface area (Å²) in [6.07, 6.45) is 1.65. The van der Waals surface area contributed by atoms with Gasteiger partial charge in [0.25, 0.3) is 0 Å². The number of pyridine rings is 1. The molecule has 1 aromatic heterocycles. The lowest BCUT2D eigenvalue weighted by Gasteiger charge is -2.13. The Morgan fingerprint density at radius 2 is 2.08 bits per heavy atom. The highest BCUT2D eigenvalue weighted by Gasteiger charge is 2.21. The van der Waals surface area contributed by atoms with Crippen LogP contribution in [0.1, 0.15) is 24.3 Å². The number of nitrogens with two attached hydrogens (primary N) is 1. The molecule has 1 heterocycles. The summed E-state index contributed by atoms with van der Waals surface area (Å²) in [5, 5.41) is 0.0261. The van der Waals surface area contributed by atoms with Crippen molar-refractivity contribution in [1.29, 1.82) is 0 Å². The maximum absolute atomic E-state index is 14.6. The molecule has 0 spiro atoms. The summed E-state index contributed by atoms with van der Waals surface area (Å²) in [5.41, 5.74) is 8.02. The number of methoxy groups -OCH3 is 1. The van der Waals surface area contributed by atoms with Crippen LogP contribution >= 0.6 is 23.2 Å². The Labute approximate surface area is 159 Å². The lowest BCUT2D eigenvalue weighted by atomic mass is 10.1. The molecule has 0 aliphatic heterocycles. The minimum absolute atomic E-state index is 0.0502. The summed E-state index contributed by atoms with van der Waals surface area (Å²) in [7, 11) is 1.29. The van der Waals surface area contributed by atoms with Gasteiger partial charge in [0.2, 0.25) is 0 Å². The first kappa shape index (κ1) is 19.8. The van der Waals surface area contributed by atoms with Crippen LogP contribution in [-0.2, 0) is 4.84 Å². The van der Waals surface area contributed by atoms with Crippen LogP contribution in [0.25, 0.3) is 11.3 Å². The average molecular weight is 400 g/mol. The molecular weight excluding hydrogens is 384 g/mol. The Morgan fingerprint density at radius 1 is 1.38 bits per heavy atom. The largest absolute Gasteiger partial charge is 0.492 e. The summed E-state index contributed by atoms with van der Waals surface area (Å²) in [5.74, 6) is -1.14. The lowest BCUT2D eigenvalue weighted by Crippen LogP contribution is -2.25. The number of hydrogen-bond acceptors (Lipinski definition) is 5. The van der Waals surface area contributed by atoms with E-state index < -0.39 is 11.7 Å². The maximum atomic E-state index is 14.6. The Bertz CT molecular complexity index is 888. The maximum Gasteiger partial charge on any atom is 0.304 e. The molecule has 2 rings (SSSR count). The molecule has 6 nitrogen and oxygen atoms in total. The quantitative estimate of drug-likeness (QED) is 0.575. The SMILES string of the molecule is CC=C(C)ONC(=O)c1nc(-c2ccc(Cl)c(OC)c2F)cc(N)c1Cl. The summed E-state index contributed by atoms with van der Waals surface area (Å²) in [4.78, 5) is 21.4. The minimum atomic E-state index is -0.735. The fourth-order valence-electron chi connectivity index (χ4n) is 1.99. The number of carbonyl (C=O) groups excluding carboxylic acids is 1. The molecule has 0 radical (unpaired) electrons. The monoisotopic (exact) mass is 399 g/mol. The summed E-state index contributed by atoms with van der Waals surface area (Å²) < 4.78 is 19.6. The van der Waals surface area contributed by atoms with E-state index in [0.717, 1.165) is 0 Å². The Morgan fingerprint density at radius 3 is 2.69 bits per heavy atom. The summed E-state index contributed by atoms with van der Waals surface area (Å²) in [6.45, 7) is 3.39. The van der Waals surface area contributed by atoms with Crippen molar-refractivity contribution in [3.05, 3.63) is 51.6 Å². The standard InChI is InChI=1S/C17H16Cl2FN3O3/c1-4-8(2)26-23-17(24)15-13(19)11(21)7-12(22-15)9-5-6-10(18)16(25-3)14(9)20/h4-7H,1-3H3,(H2,21,22)(H,23,24). The molecule has 2 aromatic rings. The number of nitrogens with zero attached hydrogens (tertiary/aromatic N) is 1. The zero-order valence-electron chi connectivity index (χ0n) is 14.2. The summed E-state index contributed by atoms with van der Waals surface area (Å²) in [6, 6.07) is 4.20. The third-order valence-electron chi connectivity index (χ3n) is 3.44. The van der Waals surface area contributed by atoms with Gasteiger partial charge in [-0.3, -0.25) is 4.79 Å². The number of halogens is 3. The number of hydrogen-bond donors (Lipinski definition) is 2. The van der Waals surface area contributed by atoms with E-state index in [1.807, 2.05) is 0 Å². The zero-order valence-corrected chi connectivity index (χ0v) is 15.7. The number of ether oxygens (including phenoxy) is 1. The van der Waals surface area contributed by atoms with Gasteiger partial charge in [0, 0.05) is 5.56 Å². The Kier molecular flexibility index (Phi) is 6.28. The summed E-state index contributed by atoms with van der Waals surface area (Å²) >= 11 is 12.0. The Balaban J connectivity index is 2.50. The van der Waals surface area contributed by atoms with Gasteiger partial charge in [-0.25, -0.2) is 9.37 Å². The fraction of sp³-hybridized carbons (Fsp3) is 0.176. The number of hydroxylamine groups is 1. The van der Waals surface area contributed by atoms with E-state index in [0.29, 0.717) is 5.76 Å². The smallest absolute Gasteiger partial charge is 0.304 e. The van der Waals surface area contributed by atoms with Crippen molar-refractivity contribution in [1.82, 2.24) is 10.5 Å². The third kappa shape index (κ3) is 4.00. The minimum Gasteiger partial charge on any atom is -0.492 e. The molecular formula is C17H16Cl2FN3O3. The van der Waals surface area contributed by atoms with Crippen LogP contribution in [-0.4, -0.2) is 18.0 Å². The van der Waals surface area contributed by atoms with Gasteiger partial charge < -0.3 is 15.3 Å². The molecule has 0 saturated carbocycles. The fourth-order valence-corrected chi connectivity index (χ4v) is 2.39. The van der Waals surface area contributed by atoms with Crippen molar-refractivity contribution in [2.45, 2.75) is 13.8 Å². The van der Waals surface area contributed by atoms with Crippen molar-refractivity contribution in [3.8, 4) is 17.0 Å². The molecule has 26 heavy (non-hydrogen) atoms. The molecule has 0 saturated heterocycles. The molecule has 0 fully saturated rings. The van der Waals surface area contributed by atoms with Gasteiger partial charge in [0.15, 0.2) is 17.3 Å². The van der Waals surface area contributed by atoms with Gasteiger partial charge in [-0.2, -0.15) is 5.48 Å². The van der Waals surface area contributed by atoms with E-state index in [9.17, 15) is 9.18 Å². The van der Waals surface area contributed by atoms with Crippen LogP contribution in [0, 0.1) is 5.82 Å². The zero-order chi connectivity index (χ0) is 19.4. The highest BCUT2D eigenvalue weighted by Crippen LogP contribution is 2.36. The molecule has 138 valence electrons. The molecule has 0 bridgehead atoms. The second kappa shape index (κ2) is 8.25. The highest BCUT2D eigenvalue weighted by molar-refractivity contribution is 6.36. The number of allylic oxidation sites excluding steroid dienone is 2. The molecule has 0 unspecified atom stereocenters. The third-order valence-corrected chi connectivity index (χ3v) is 4.14. The molecule has 1 aromatic carbocycles. The van der Waals surface area contributed by atoms with Gasteiger partial charge in [0.1, 0.15) is 5.76 Å². The van der Waals surface area contributed by atoms with E-state index in [-0.39, 0.29) is 38.4 Å². The van der Waals surface area contributed by atoms with E-state index in [4.69, 9.17) is 38.5 Å². The highest BCUT2D eigenvalue weighted by atomic mass is 35.5. The first-order chi connectivity index (χ1) is 12.3. The molecule has 0 aliphatic rings. The number of nitrogens with one attached hydrogen (secondary N) is 1. The molecule has 1 amide bonds. The predicted molar refractivity (Wildman–Crippen MR) is 98.6 cm³/mol.